The summed E-state index contributed by atoms with van der Waals surface area (Å²) in [5.74, 6) is 1.36. The molecule has 2 N–H and O–H groups in total. The molecule has 0 saturated carbocycles. The lowest BCUT2D eigenvalue weighted by molar-refractivity contribution is 0.165. The van der Waals surface area contributed by atoms with Crippen LogP contribution in [0.5, 0.6) is 0 Å². The topological polar surface area (TPSA) is 68.2 Å². The molecule has 0 radical (unpaired) electrons. The van der Waals surface area contributed by atoms with Crippen LogP contribution in [0, 0.1) is 12.3 Å². The molecule has 0 spiro atoms. The van der Waals surface area contributed by atoms with Crippen LogP contribution in [0.2, 0.25) is 0 Å². The second-order valence-electron chi connectivity index (χ2n) is 4.91. The van der Waals surface area contributed by atoms with Gasteiger partial charge in [-0.25, -0.2) is 0 Å². The minimum Gasteiger partial charge on any atom is -0.338 e. The molecule has 0 unspecified atom stereocenters. The molecule has 0 fully saturated rings. The zero-order chi connectivity index (χ0) is 12.2. The normalized spacial score (nSPS) is 12.4. The third kappa shape index (κ3) is 3.90. The molecule has 1 rings (SSSR count). The fourth-order valence-electron chi connectivity index (χ4n) is 1.54. The number of nitrogens with two attached hydrogens (primary N) is 1. The van der Waals surface area contributed by atoms with Gasteiger partial charge < -0.3 is 10.3 Å². The van der Waals surface area contributed by atoms with Crippen LogP contribution in [-0.2, 0) is 6.54 Å². The van der Waals surface area contributed by atoms with Crippen LogP contribution in [0.15, 0.2) is 4.52 Å². The summed E-state index contributed by atoms with van der Waals surface area (Å²) in [7, 11) is 0. The Morgan fingerprint density at radius 2 is 2.12 bits per heavy atom. The first kappa shape index (κ1) is 13.1. The summed E-state index contributed by atoms with van der Waals surface area (Å²) in [4.78, 5) is 6.47. The van der Waals surface area contributed by atoms with E-state index in [1.807, 2.05) is 6.92 Å². The first-order valence-corrected chi connectivity index (χ1v) is 5.68. The van der Waals surface area contributed by atoms with Gasteiger partial charge in [-0.3, -0.25) is 4.90 Å². The molecule has 5 nitrogen and oxygen atoms in total. The van der Waals surface area contributed by atoms with Crippen LogP contribution in [0.3, 0.4) is 0 Å². The quantitative estimate of drug-likeness (QED) is 0.789. The predicted octanol–water partition coefficient (Wildman–Crippen LogP) is 1.18. The molecule has 0 aliphatic heterocycles. The zero-order valence-electron chi connectivity index (χ0n) is 10.7. The van der Waals surface area contributed by atoms with Gasteiger partial charge >= 0.3 is 0 Å². The average Bonchev–Trinajstić information content (AvgIpc) is 2.63. The van der Waals surface area contributed by atoms with Crippen molar-refractivity contribution in [3.8, 4) is 0 Å². The molecule has 0 saturated heterocycles. The summed E-state index contributed by atoms with van der Waals surface area (Å²) in [6.07, 6.45) is 0. The van der Waals surface area contributed by atoms with Crippen LogP contribution in [0.4, 0.5) is 0 Å². The van der Waals surface area contributed by atoms with Gasteiger partial charge in [0.05, 0.1) is 6.54 Å². The lowest BCUT2D eigenvalue weighted by Gasteiger charge is -2.29. The maximum absolute atomic E-state index is 5.73. The van der Waals surface area contributed by atoms with Crippen LogP contribution < -0.4 is 5.73 Å². The Kier molecular flexibility index (Phi) is 4.44. The van der Waals surface area contributed by atoms with Gasteiger partial charge in [0, 0.05) is 6.54 Å². The summed E-state index contributed by atoms with van der Waals surface area (Å²) in [6.45, 7) is 11.5. The van der Waals surface area contributed by atoms with Gasteiger partial charge in [0.1, 0.15) is 0 Å². The van der Waals surface area contributed by atoms with E-state index >= 15 is 0 Å². The number of nitrogens with zero attached hydrogens (tertiary/aromatic N) is 3. The van der Waals surface area contributed by atoms with Crippen molar-refractivity contribution < 1.29 is 4.52 Å². The first-order chi connectivity index (χ1) is 7.46. The van der Waals surface area contributed by atoms with E-state index < -0.39 is 0 Å². The van der Waals surface area contributed by atoms with Crippen molar-refractivity contribution in [2.45, 2.75) is 34.2 Å². The molecule has 92 valence electrons. The molecular weight excluding hydrogens is 204 g/mol. The zero-order valence-corrected chi connectivity index (χ0v) is 10.7. The van der Waals surface area contributed by atoms with Gasteiger partial charge in [0.25, 0.3) is 0 Å². The molecule has 0 atom stereocenters. The Labute approximate surface area is 97.0 Å². The van der Waals surface area contributed by atoms with Crippen LogP contribution in [0.1, 0.15) is 32.5 Å². The average molecular weight is 226 g/mol. The Bertz CT molecular complexity index is 322. The first-order valence-electron chi connectivity index (χ1n) is 5.68. The SMILES string of the molecule is CCN(Cc1nc(C)no1)CC(C)(C)CN. The smallest absolute Gasteiger partial charge is 0.240 e. The monoisotopic (exact) mass is 226 g/mol. The standard InChI is InChI=1S/C11H22N4O/c1-5-15(8-11(3,4)7-12)6-10-13-9(2)14-16-10/h5-8,12H2,1-4H3. The molecule has 16 heavy (non-hydrogen) atoms. The predicted molar refractivity (Wildman–Crippen MR) is 62.8 cm³/mol. The van der Waals surface area contributed by atoms with Crippen molar-refractivity contribution in [3.63, 3.8) is 0 Å². The van der Waals surface area contributed by atoms with Gasteiger partial charge in [-0.05, 0) is 25.4 Å². The molecule has 0 aromatic carbocycles. The second-order valence-corrected chi connectivity index (χ2v) is 4.91. The summed E-state index contributed by atoms with van der Waals surface area (Å²) in [5, 5.41) is 3.78. The highest BCUT2D eigenvalue weighted by Gasteiger charge is 2.20. The number of hydrogen-bond donors (Lipinski definition) is 1. The van der Waals surface area contributed by atoms with Crippen molar-refractivity contribution in [1.29, 1.82) is 0 Å². The lowest BCUT2D eigenvalue weighted by Crippen LogP contribution is -2.38. The third-order valence-electron chi connectivity index (χ3n) is 2.58. The number of aryl methyl sites for hydroxylation is 1. The minimum atomic E-state index is 0.116. The van der Waals surface area contributed by atoms with E-state index in [2.05, 4.69) is 35.8 Å². The minimum absolute atomic E-state index is 0.116. The molecular formula is C11H22N4O. The van der Waals surface area contributed by atoms with E-state index in [1.165, 1.54) is 0 Å². The summed E-state index contributed by atoms with van der Waals surface area (Å²) < 4.78 is 5.11. The van der Waals surface area contributed by atoms with Gasteiger partial charge in [-0.1, -0.05) is 25.9 Å². The molecule has 0 aliphatic carbocycles. The van der Waals surface area contributed by atoms with E-state index in [4.69, 9.17) is 10.3 Å². The van der Waals surface area contributed by atoms with Crippen molar-refractivity contribution >= 4 is 0 Å². The van der Waals surface area contributed by atoms with Crippen molar-refractivity contribution in [1.82, 2.24) is 15.0 Å². The van der Waals surface area contributed by atoms with Crippen molar-refractivity contribution in [2.24, 2.45) is 11.1 Å². The molecule has 0 bridgehead atoms. The van der Waals surface area contributed by atoms with Crippen LogP contribution in [0.25, 0.3) is 0 Å². The molecule has 0 amide bonds. The second kappa shape index (κ2) is 5.41. The third-order valence-corrected chi connectivity index (χ3v) is 2.58. The van der Waals surface area contributed by atoms with Gasteiger partial charge in [-0.2, -0.15) is 4.98 Å². The lowest BCUT2D eigenvalue weighted by atomic mass is 9.93. The largest absolute Gasteiger partial charge is 0.338 e. The maximum Gasteiger partial charge on any atom is 0.240 e. The Morgan fingerprint density at radius 3 is 2.56 bits per heavy atom. The Hall–Kier alpha value is -0.940. The van der Waals surface area contributed by atoms with E-state index in [0.717, 1.165) is 13.1 Å². The van der Waals surface area contributed by atoms with Crippen molar-refractivity contribution in [3.05, 3.63) is 11.7 Å². The van der Waals surface area contributed by atoms with E-state index in [0.29, 0.717) is 24.8 Å². The molecule has 0 aliphatic rings. The number of rotatable bonds is 6. The van der Waals surface area contributed by atoms with E-state index in [9.17, 15) is 0 Å². The highest BCUT2D eigenvalue weighted by Crippen LogP contribution is 2.16. The number of hydrogen-bond acceptors (Lipinski definition) is 5. The highest BCUT2D eigenvalue weighted by molar-refractivity contribution is 4.84. The number of aromatic nitrogens is 2. The molecule has 5 heteroatoms. The summed E-state index contributed by atoms with van der Waals surface area (Å²) in [5.41, 5.74) is 5.84. The van der Waals surface area contributed by atoms with Gasteiger partial charge in [-0.15, -0.1) is 0 Å². The van der Waals surface area contributed by atoms with E-state index in [1.54, 1.807) is 0 Å². The van der Waals surface area contributed by atoms with Crippen LogP contribution in [-0.4, -0.2) is 34.7 Å². The Morgan fingerprint density at radius 1 is 1.44 bits per heavy atom. The molecule has 1 aromatic rings. The van der Waals surface area contributed by atoms with E-state index in [-0.39, 0.29) is 5.41 Å². The fraction of sp³-hybridized carbons (Fsp3) is 0.818. The fourth-order valence-corrected chi connectivity index (χ4v) is 1.54. The van der Waals surface area contributed by atoms with Gasteiger partial charge in [0.15, 0.2) is 5.82 Å². The summed E-state index contributed by atoms with van der Waals surface area (Å²) >= 11 is 0. The molecule has 1 heterocycles. The van der Waals surface area contributed by atoms with Crippen LogP contribution >= 0.6 is 0 Å². The van der Waals surface area contributed by atoms with Crippen molar-refractivity contribution in [2.75, 3.05) is 19.6 Å². The Balaban J connectivity index is 2.55. The highest BCUT2D eigenvalue weighted by atomic mass is 16.5. The van der Waals surface area contributed by atoms with Gasteiger partial charge in [0.2, 0.25) is 5.89 Å². The maximum atomic E-state index is 5.73. The molecule has 1 aromatic heterocycles. The summed E-state index contributed by atoms with van der Waals surface area (Å²) in [6, 6.07) is 0.